The van der Waals surface area contributed by atoms with E-state index in [1.165, 1.54) is 28.0 Å². The molecule has 5 nitrogen and oxygen atoms in total. The average molecular weight is 280 g/mol. The molecular weight excluding hydrogens is 268 g/mol. The van der Waals surface area contributed by atoms with Crippen LogP contribution in [0.3, 0.4) is 0 Å². The molecule has 0 spiro atoms. The van der Waals surface area contributed by atoms with Gasteiger partial charge in [0.1, 0.15) is 5.51 Å². The van der Waals surface area contributed by atoms with Crippen molar-refractivity contribution in [3.63, 3.8) is 0 Å². The highest BCUT2D eigenvalue weighted by Gasteiger charge is 2.12. The lowest BCUT2D eigenvalue weighted by Crippen LogP contribution is -2.21. The summed E-state index contributed by atoms with van der Waals surface area (Å²) >= 11 is 2.85. The Morgan fingerprint density at radius 1 is 1.44 bits per heavy atom. The van der Waals surface area contributed by atoms with Crippen LogP contribution in [0.5, 0.6) is 0 Å². The van der Waals surface area contributed by atoms with Gasteiger partial charge >= 0.3 is 0 Å². The molecule has 0 aliphatic carbocycles. The third kappa shape index (κ3) is 2.80. The quantitative estimate of drug-likeness (QED) is 0.870. The van der Waals surface area contributed by atoms with Crippen molar-refractivity contribution in [2.45, 2.75) is 9.24 Å². The average Bonchev–Trinajstić information content (AvgIpc) is 2.84. The number of benzene rings is 1. The number of hydrogen-bond donors (Lipinski definition) is 1. The van der Waals surface area contributed by atoms with Gasteiger partial charge in [0, 0.05) is 30.2 Å². The lowest BCUT2D eigenvalue weighted by atomic mass is 10.2. The normalized spacial score (nSPS) is 10.3. The first-order chi connectivity index (χ1) is 8.58. The highest BCUT2D eigenvalue weighted by molar-refractivity contribution is 8.01. The summed E-state index contributed by atoms with van der Waals surface area (Å²) in [7, 11) is 3.44. The number of aromatic nitrogens is 2. The number of nitrogens with zero attached hydrogens (tertiary/aromatic N) is 3. The predicted octanol–water partition coefficient (Wildman–Crippen LogP) is 1.97. The molecule has 18 heavy (non-hydrogen) atoms. The van der Waals surface area contributed by atoms with E-state index in [0.29, 0.717) is 11.3 Å². The van der Waals surface area contributed by atoms with E-state index in [2.05, 4.69) is 10.2 Å². The molecule has 1 aromatic heterocycles. The van der Waals surface area contributed by atoms with Crippen LogP contribution in [0.25, 0.3) is 0 Å². The van der Waals surface area contributed by atoms with Gasteiger partial charge in [-0.05, 0) is 18.2 Å². The van der Waals surface area contributed by atoms with Gasteiger partial charge in [0.2, 0.25) is 0 Å². The van der Waals surface area contributed by atoms with Gasteiger partial charge in [0.15, 0.2) is 4.34 Å². The summed E-state index contributed by atoms with van der Waals surface area (Å²) in [5.41, 5.74) is 8.80. The SMILES string of the molecule is CN(C)C(=O)c1ccc(N)c(Sc2nncs2)c1. The molecule has 0 aliphatic rings. The molecule has 0 atom stereocenters. The third-order valence-electron chi connectivity index (χ3n) is 2.20. The molecule has 7 heteroatoms. The number of nitrogens with two attached hydrogens (primary N) is 1. The van der Waals surface area contributed by atoms with Crippen molar-refractivity contribution in [2.24, 2.45) is 0 Å². The first-order valence-electron chi connectivity index (χ1n) is 5.13. The Balaban J connectivity index is 2.30. The molecule has 0 unspecified atom stereocenters. The maximum Gasteiger partial charge on any atom is 0.253 e. The van der Waals surface area contributed by atoms with Crippen molar-refractivity contribution in [2.75, 3.05) is 19.8 Å². The number of rotatable bonds is 3. The Morgan fingerprint density at radius 3 is 2.83 bits per heavy atom. The van der Waals surface area contributed by atoms with Crippen LogP contribution in [0.2, 0.25) is 0 Å². The van der Waals surface area contributed by atoms with Gasteiger partial charge in [-0.15, -0.1) is 10.2 Å². The van der Waals surface area contributed by atoms with Crippen molar-refractivity contribution in [1.82, 2.24) is 15.1 Å². The second kappa shape index (κ2) is 5.36. The first-order valence-corrected chi connectivity index (χ1v) is 6.82. The van der Waals surface area contributed by atoms with Gasteiger partial charge in [-0.1, -0.05) is 23.1 Å². The van der Waals surface area contributed by atoms with Crippen molar-refractivity contribution >= 4 is 34.7 Å². The summed E-state index contributed by atoms with van der Waals surface area (Å²) in [5, 5.41) is 7.71. The molecule has 1 amide bonds. The largest absolute Gasteiger partial charge is 0.398 e. The number of anilines is 1. The Bertz CT molecular complexity index is 554. The molecule has 2 aromatic rings. The molecule has 2 N–H and O–H groups in total. The van der Waals surface area contributed by atoms with Crippen molar-refractivity contribution < 1.29 is 4.79 Å². The summed E-state index contributed by atoms with van der Waals surface area (Å²) in [5.74, 6) is -0.0471. The molecule has 0 bridgehead atoms. The smallest absolute Gasteiger partial charge is 0.253 e. The molecule has 2 rings (SSSR count). The van der Waals surface area contributed by atoms with Crippen molar-refractivity contribution in [3.05, 3.63) is 29.3 Å². The van der Waals surface area contributed by atoms with E-state index in [-0.39, 0.29) is 5.91 Å². The van der Waals surface area contributed by atoms with Crippen molar-refractivity contribution in [3.8, 4) is 0 Å². The highest BCUT2D eigenvalue weighted by atomic mass is 32.2. The molecule has 0 saturated heterocycles. The zero-order chi connectivity index (χ0) is 13.1. The maximum absolute atomic E-state index is 11.9. The predicted molar refractivity (Wildman–Crippen MR) is 72.9 cm³/mol. The minimum absolute atomic E-state index is 0.0471. The fourth-order valence-corrected chi connectivity index (χ4v) is 2.83. The lowest BCUT2D eigenvalue weighted by molar-refractivity contribution is 0.0827. The molecule has 1 aromatic carbocycles. The van der Waals surface area contributed by atoms with Crippen molar-refractivity contribution in [1.29, 1.82) is 0 Å². The van der Waals surface area contributed by atoms with Gasteiger partial charge in [-0.2, -0.15) is 0 Å². The standard InChI is InChI=1S/C11H12N4OS2/c1-15(2)10(16)7-3-4-8(12)9(5-7)18-11-14-13-6-17-11/h3-6H,12H2,1-2H3. The number of amides is 1. The summed E-state index contributed by atoms with van der Waals surface area (Å²) in [6, 6.07) is 5.24. The summed E-state index contributed by atoms with van der Waals surface area (Å²) in [4.78, 5) is 14.2. The zero-order valence-electron chi connectivity index (χ0n) is 9.95. The van der Waals surface area contributed by atoms with Gasteiger partial charge in [-0.3, -0.25) is 4.79 Å². The maximum atomic E-state index is 11.9. The Morgan fingerprint density at radius 2 is 2.22 bits per heavy atom. The topological polar surface area (TPSA) is 72.1 Å². The summed E-state index contributed by atoms with van der Waals surface area (Å²) in [6.45, 7) is 0. The van der Waals surface area contributed by atoms with E-state index in [0.717, 1.165) is 9.24 Å². The fourth-order valence-electron chi connectivity index (χ4n) is 1.32. The van der Waals surface area contributed by atoms with Gasteiger partial charge in [0.25, 0.3) is 5.91 Å². The zero-order valence-corrected chi connectivity index (χ0v) is 11.6. The van der Waals surface area contributed by atoms with E-state index in [9.17, 15) is 4.79 Å². The Hall–Kier alpha value is -1.60. The molecule has 94 valence electrons. The van der Waals surface area contributed by atoms with Gasteiger partial charge in [-0.25, -0.2) is 0 Å². The van der Waals surface area contributed by atoms with Crippen LogP contribution in [0.15, 0.2) is 32.9 Å². The summed E-state index contributed by atoms with van der Waals surface area (Å²) in [6.07, 6.45) is 0. The van der Waals surface area contributed by atoms with Crippen LogP contribution in [-0.2, 0) is 0 Å². The van der Waals surface area contributed by atoms with E-state index in [4.69, 9.17) is 5.73 Å². The van der Waals surface area contributed by atoms with Crippen LogP contribution in [0.4, 0.5) is 5.69 Å². The van der Waals surface area contributed by atoms with Crippen LogP contribution >= 0.6 is 23.1 Å². The molecule has 1 heterocycles. The van der Waals surface area contributed by atoms with Gasteiger partial charge < -0.3 is 10.6 Å². The number of hydrogen-bond acceptors (Lipinski definition) is 6. The minimum Gasteiger partial charge on any atom is -0.398 e. The number of nitrogen functional groups attached to an aromatic ring is 1. The van der Waals surface area contributed by atoms with E-state index in [1.807, 2.05) is 0 Å². The van der Waals surface area contributed by atoms with Gasteiger partial charge in [0.05, 0.1) is 0 Å². The Kier molecular flexibility index (Phi) is 3.83. The van der Waals surface area contributed by atoms with E-state index >= 15 is 0 Å². The van der Waals surface area contributed by atoms with E-state index in [1.54, 1.807) is 37.8 Å². The molecular formula is C11H12N4OS2. The van der Waals surface area contributed by atoms with Crippen LogP contribution in [-0.4, -0.2) is 35.1 Å². The Labute approximate surface area is 113 Å². The fraction of sp³-hybridized carbons (Fsp3) is 0.182. The highest BCUT2D eigenvalue weighted by Crippen LogP contribution is 2.33. The first kappa shape index (κ1) is 12.8. The van der Waals surface area contributed by atoms with E-state index < -0.39 is 0 Å². The van der Waals surface area contributed by atoms with Crippen LogP contribution in [0, 0.1) is 0 Å². The number of carbonyl (C=O) groups is 1. The second-order valence-corrected chi connectivity index (χ2v) is 5.88. The number of carbonyl (C=O) groups excluding carboxylic acids is 1. The molecule has 0 aliphatic heterocycles. The van der Waals surface area contributed by atoms with Crippen LogP contribution in [0.1, 0.15) is 10.4 Å². The second-order valence-electron chi connectivity index (χ2n) is 3.76. The molecule has 0 saturated carbocycles. The van der Waals surface area contributed by atoms with Crippen LogP contribution < -0.4 is 5.73 Å². The molecule has 0 radical (unpaired) electrons. The third-order valence-corrected chi connectivity index (χ3v) is 4.06. The summed E-state index contributed by atoms with van der Waals surface area (Å²) < 4.78 is 0.802. The molecule has 0 fully saturated rings. The minimum atomic E-state index is -0.0471. The lowest BCUT2D eigenvalue weighted by Gasteiger charge is -2.11. The monoisotopic (exact) mass is 280 g/mol.